The second-order valence-electron chi connectivity index (χ2n) is 6.63. The summed E-state index contributed by atoms with van der Waals surface area (Å²) in [5, 5.41) is 0. The van der Waals surface area contributed by atoms with Gasteiger partial charge in [-0.25, -0.2) is 13.8 Å². The minimum Gasteiger partial charge on any atom is -0.292 e. The molecule has 0 spiro atoms. The number of nitrogens with zero attached hydrogens (tertiary/aromatic N) is 2. The Balaban J connectivity index is 2.12. The topological polar surface area (TPSA) is 17.8 Å². The predicted molar refractivity (Wildman–Crippen MR) is 101 cm³/mol. The van der Waals surface area contributed by atoms with E-state index in [9.17, 15) is 8.78 Å². The molecule has 0 amide bonds. The highest BCUT2D eigenvalue weighted by Gasteiger charge is 2.19. The monoisotopic (exact) mass is 348 g/mol. The van der Waals surface area contributed by atoms with Crippen molar-refractivity contribution < 1.29 is 8.78 Å². The molecule has 0 bridgehead atoms. The van der Waals surface area contributed by atoms with Crippen molar-refractivity contribution in [3.05, 3.63) is 82.9 Å². The summed E-state index contributed by atoms with van der Waals surface area (Å²) < 4.78 is 29.9. The van der Waals surface area contributed by atoms with E-state index in [1.54, 1.807) is 0 Å². The molecule has 3 aromatic carbocycles. The maximum absolute atomic E-state index is 14.5. The van der Waals surface area contributed by atoms with Gasteiger partial charge in [0.25, 0.3) is 0 Å². The van der Waals surface area contributed by atoms with Crippen LogP contribution in [0.2, 0.25) is 0 Å². The van der Waals surface area contributed by atoms with Gasteiger partial charge in [-0.05, 0) is 56.2 Å². The lowest BCUT2D eigenvalue weighted by atomic mass is 10.0. The van der Waals surface area contributed by atoms with E-state index < -0.39 is 11.6 Å². The molecule has 1 aromatic heterocycles. The first kappa shape index (κ1) is 16.5. The summed E-state index contributed by atoms with van der Waals surface area (Å²) in [7, 11) is 0. The zero-order valence-electron chi connectivity index (χ0n) is 14.8. The van der Waals surface area contributed by atoms with Crippen molar-refractivity contribution in [3.8, 4) is 17.1 Å². The fourth-order valence-corrected chi connectivity index (χ4v) is 3.63. The Bertz CT molecular complexity index is 1120. The van der Waals surface area contributed by atoms with Crippen LogP contribution in [0.1, 0.15) is 16.7 Å². The fourth-order valence-electron chi connectivity index (χ4n) is 3.63. The number of halogens is 2. The van der Waals surface area contributed by atoms with Gasteiger partial charge in [-0.15, -0.1) is 0 Å². The van der Waals surface area contributed by atoms with Crippen LogP contribution in [0.4, 0.5) is 8.78 Å². The highest BCUT2D eigenvalue weighted by atomic mass is 19.1. The number of imidazole rings is 1. The number of benzene rings is 3. The molecule has 0 aliphatic rings. The average molecular weight is 348 g/mol. The van der Waals surface area contributed by atoms with E-state index in [1.165, 1.54) is 17.7 Å². The second-order valence-corrected chi connectivity index (χ2v) is 6.63. The largest absolute Gasteiger partial charge is 0.292 e. The van der Waals surface area contributed by atoms with Crippen molar-refractivity contribution in [1.82, 2.24) is 9.55 Å². The third-order valence-electron chi connectivity index (χ3n) is 4.59. The molecule has 0 saturated heterocycles. The average Bonchev–Trinajstić information content (AvgIpc) is 2.93. The van der Waals surface area contributed by atoms with Gasteiger partial charge in [0.2, 0.25) is 0 Å². The van der Waals surface area contributed by atoms with Gasteiger partial charge in [0.15, 0.2) is 0 Å². The lowest BCUT2D eigenvalue weighted by molar-refractivity contribution is 0.584. The van der Waals surface area contributed by atoms with Gasteiger partial charge < -0.3 is 0 Å². The lowest BCUT2D eigenvalue weighted by Gasteiger charge is -2.16. The number of hydrogen-bond acceptors (Lipinski definition) is 1. The molecule has 0 radical (unpaired) electrons. The first-order chi connectivity index (χ1) is 12.5. The molecule has 0 fully saturated rings. The Morgan fingerprint density at radius 3 is 2.23 bits per heavy atom. The van der Waals surface area contributed by atoms with E-state index in [0.29, 0.717) is 5.82 Å². The van der Waals surface area contributed by atoms with Crippen LogP contribution < -0.4 is 0 Å². The van der Waals surface area contributed by atoms with E-state index in [-0.39, 0.29) is 5.56 Å². The lowest BCUT2D eigenvalue weighted by Crippen LogP contribution is -2.04. The zero-order valence-corrected chi connectivity index (χ0v) is 14.8. The van der Waals surface area contributed by atoms with E-state index in [2.05, 4.69) is 24.0 Å². The molecule has 130 valence electrons. The Morgan fingerprint density at radius 2 is 1.54 bits per heavy atom. The molecular formula is C22H18F2N2. The van der Waals surface area contributed by atoms with E-state index in [4.69, 9.17) is 0 Å². The van der Waals surface area contributed by atoms with Crippen LogP contribution in [0.15, 0.2) is 54.6 Å². The molecule has 0 aliphatic carbocycles. The number of aryl methyl sites for hydroxylation is 3. The molecule has 0 atom stereocenters. The first-order valence-electron chi connectivity index (χ1n) is 8.47. The van der Waals surface area contributed by atoms with Gasteiger partial charge >= 0.3 is 0 Å². The summed E-state index contributed by atoms with van der Waals surface area (Å²) in [4.78, 5) is 4.65. The molecule has 26 heavy (non-hydrogen) atoms. The molecule has 4 rings (SSSR count). The number of aromatic nitrogens is 2. The van der Waals surface area contributed by atoms with Crippen LogP contribution in [0.3, 0.4) is 0 Å². The highest BCUT2D eigenvalue weighted by Crippen LogP contribution is 2.33. The van der Waals surface area contributed by atoms with Crippen molar-refractivity contribution in [2.45, 2.75) is 20.8 Å². The van der Waals surface area contributed by atoms with Crippen molar-refractivity contribution in [3.63, 3.8) is 0 Å². The van der Waals surface area contributed by atoms with E-state index >= 15 is 0 Å². The van der Waals surface area contributed by atoms with Crippen LogP contribution in [0.25, 0.3) is 28.1 Å². The maximum Gasteiger partial charge on any atom is 0.148 e. The minimum atomic E-state index is -0.621. The van der Waals surface area contributed by atoms with Crippen LogP contribution in [-0.2, 0) is 0 Å². The van der Waals surface area contributed by atoms with Gasteiger partial charge in [-0.2, -0.15) is 0 Å². The van der Waals surface area contributed by atoms with Crippen LogP contribution >= 0.6 is 0 Å². The standard InChI is InChI=1S/C22H18F2N2/c1-13-10-14(2)21(15(3)11-13)26-20-7-5-4-6-19(20)25-22(26)17-9-8-16(23)12-18(17)24/h4-12H,1-3H3. The molecule has 4 heteroatoms. The van der Waals surface area contributed by atoms with Gasteiger partial charge in [0.05, 0.1) is 22.3 Å². The number of para-hydroxylation sites is 2. The number of fused-ring (bicyclic) bond motifs is 1. The van der Waals surface area contributed by atoms with E-state index in [0.717, 1.165) is 33.9 Å². The Morgan fingerprint density at radius 1 is 0.846 bits per heavy atom. The Hall–Kier alpha value is -3.01. The Kier molecular flexibility index (Phi) is 3.83. The third-order valence-corrected chi connectivity index (χ3v) is 4.59. The van der Waals surface area contributed by atoms with Gasteiger partial charge in [0.1, 0.15) is 17.5 Å². The quantitative estimate of drug-likeness (QED) is 0.441. The normalized spacial score (nSPS) is 11.3. The van der Waals surface area contributed by atoms with Crippen LogP contribution in [-0.4, -0.2) is 9.55 Å². The van der Waals surface area contributed by atoms with Crippen LogP contribution in [0, 0.1) is 32.4 Å². The van der Waals surface area contributed by atoms with Gasteiger partial charge in [-0.3, -0.25) is 4.57 Å². The molecular weight excluding hydrogens is 330 g/mol. The van der Waals surface area contributed by atoms with Gasteiger partial charge in [0, 0.05) is 6.07 Å². The number of hydrogen-bond donors (Lipinski definition) is 0. The van der Waals surface area contributed by atoms with Crippen LogP contribution in [0.5, 0.6) is 0 Å². The van der Waals surface area contributed by atoms with E-state index in [1.807, 2.05) is 42.7 Å². The summed E-state index contributed by atoms with van der Waals surface area (Å²) in [6.45, 7) is 6.13. The van der Waals surface area contributed by atoms with Crippen molar-refractivity contribution in [2.24, 2.45) is 0 Å². The first-order valence-corrected chi connectivity index (χ1v) is 8.47. The molecule has 4 aromatic rings. The van der Waals surface area contributed by atoms with Crippen molar-refractivity contribution >= 4 is 11.0 Å². The summed E-state index contributed by atoms with van der Waals surface area (Å²) in [5.41, 5.74) is 6.24. The van der Waals surface area contributed by atoms with Crippen molar-refractivity contribution in [1.29, 1.82) is 0 Å². The Labute approximate surface area is 150 Å². The molecule has 1 heterocycles. The molecule has 2 nitrogen and oxygen atoms in total. The summed E-state index contributed by atoms with van der Waals surface area (Å²) >= 11 is 0. The number of rotatable bonds is 2. The second kappa shape index (κ2) is 6.06. The molecule has 0 unspecified atom stereocenters. The predicted octanol–water partition coefficient (Wildman–Crippen LogP) is 5.90. The molecule has 0 N–H and O–H groups in total. The third kappa shape index (κ3) is 2.58. The summed E-state index contributed by atoms with van der Waals surface area (Å²) in [6.07, 6.45) is 0. The molecule has 0 saturated carbocycles. The minimum absolute atomic E-state index is 0.280. The smallest absolute Gasteiger partial charge is 0.148 e. The molecule has 0 aliphatic heterocycles. The summed E-state index contributed by atoms with van der Waals surface area (Å²) in [5.74, 6) is -0.751. The van der Waals surface area contributed by atoms with Gasteiger partial charge in [-0.1, -0.05) is 29.8 Å². The SMILES string of the molecule is Cc1cc(C)c(-n2c(-c3ccc(F)cc3F)nc3ccccc32)c(C)c1. The summed E-state index contributed by atoms with van der Waals surface area (Å²) in [6, 6.07) is 15.5. The maximum atomic E-state index is 14.5. The fraction of sp³-hybridized carbons (Fsp3) is 0.136. The zero-order chi connectivity index (χ0) is 18.4. The highest BCUT2D eigenvalue weighted by molar-refractivity contribution is 5.84. The van der Waals surface area contributed by atoms with Crippen molar-refractivity contribution in [2.75, 3.05) is 0 Å².